The van der Waals surface area contributed by atoms with E-state index in [0.29, 0.717) is 17.7 Å². The molecule has 2 unspecified atom stereocenters. The monoisotopic (exact) mass is 303 g/mol. The molecule has 1 heterocycles. The van der Waals surface area contributed by atoms with Gasteiger partial charge in [0.25, 0.3) is 0 Å². The van der Waals surface area contributed by atoms with Crippen molar-refractivity contribution in [2.24, 2.45) is 17.8 Å². The van der Waals surface area contributed by atoms with Crippen LogP contribution < -0.4 is 0 Å². The van der Waals surface area contributed by atoms with Gasteiger partial charge < -0.3 is 4.90 Å². The predicted molar refractivity (Wildman–Crippen MR) is 76.3 cm³/mol. The molecular weight excluding hydrogens is 278 g/mol. The number of halogens is 1. The van der Waals surface area contributed by atoms with Gasteiger partial charge in [-0.05, 0) is 30.6 Å². The Bertz CT molecular complexity index is 242. The van der Waals surface area contributed by atoms with Gasteiger partial charge >= 0.3 is 0 Å². The summed E-state index contributed by atoms with van der Waals surface area (Å²) in [4.78, 5) is 14.2. The van der Waals surface area contributed by atoms with Crippen molar-refractivity contribution >= 4 is 21.8 Å². The van der Waals surface area contributed by atoms with E-state index in [1.807, 2.05) is 0 Å². The maximum Gasteiger partial charge on any atom is 0.222 e. The summed E-state index contributed by atoms with van der Waals surface area (Å²) in [6.07, 6.45) is 4.25. The van der Waals surface area contributed by atoms with E-state index in [1.54, 1.807) is 0 Å². The number of carbonyl (C=O) groups excluding carboxylic acids is 1. The molecule has 0 aromatic heterocycles. The van der Waals surface area contributed by atoms with Gasteiger partial charge in [0.05, 0.1) is 0 Å². The highest BCUT2D eigenvalue weighted by molar-refractivity contribution is 9.09. The van der Waals surface area contributed by atoms with Gasteiger partial charge in [0.1, 0.15) is 0 Å². The van der Waals surface area contributed by atoms with E-state index in [2.05, 4.69) is 41.6 Å². The lowest BCUT2D eigenvalue weighted by Gasteiger charge is -2.28. The minimum Gasteiger partial charge on any atom is -0.342 e. The molecule has 0 aromatic carbocycles. The average Bonchev–Trinajstić information content (AvgIpc) is 2.48. The molecule has 0 spiro atoms. The number of hydrogen-bond donors (Lipinski definition) is 0. The second kappa shape index (κ2) is 7.40. The normalized spacial score (nSPS) is 23.9. The number of hydrogen-bond acceptors (Lipinski definition) is 1. The summed E-state index contributed by atoms with van der Waals surface area (Å²) >= 11 is 3.57. The number of likely N-dealkylation sites (tertiary alicyclic amines) is 1. The molecule has 0 aliphatic carbocycles. The van der Waals surface area contributed by atoms with E-state index in [4.69, 9.17) is 0 Å². The van der Waals surface area contributed by atoms with Crippen LogP contribution in [-0.2, 0) is 4.79 Å². The highest BCUT2D eigenvalue weighted by atomic mass is 79.9. The Morgan fingerprint density at radius 2 is 2.12 bits per heavy atom. The third-order valence-electron chi connectivity index (χ3n) is 4.10. The maximum atomic E-state index is 12.1. The second-order valence-corrected chi connectivity index (χ2v) is 6.25. The fraction of sp³-hybridized carbons (Fsp3) is 0.929. The van der Waals surface area contributed by atoms with Gasteiger partial charge in [-0.1, -0.05) is 43.1 Å². The lowest BCUT2D eigenvalue weighted by atomic mass is 9.97. The first kappa shape index (κ1) is 15.0. The lowest BCUT2D eigenvalue weighted by Crippen LogP contribution is -2.37. The maximum absolute atomic E-state index is 12.1. The SMILES string of the molecule is CCC1CCC(=O)N(CC(CBr)C(C)C)CC1. The molecule has 0 aromatic rings. The molecule has 17 heavy (non-hydrogen) atoms. The van der Waals surface area contributed by atoms with Gasteiger partial charge in [0.15, 0.2) is 0 Å². The summed E-state index contributed by atoms with van der Waals surface area (Å²) in [6.45, 7) is 8.61. The summed E-state index contributed by atoms with van der Waals surface area (Å²) in [5.74, 6) is 2.34. The van der Waals surface area contributed by atoms with Crippen molar-refractivity contribution in [3.05, 3.63) is 0 Å². The summed E-state index contributed by atoms with van der Waals surface area (Å²) < 4.78 is 0. The van der Waals surface area contributed by atoms with Crippen molar-refractivity contribution in [1.29, 1.82) is 0 Å². The van der Waals surface area contributed by atoms with E-state index >= 15 is 0 Å². The van der Waals surface area contributed by atoms with Crippen molar-refractivity contribution in [2.75, 3.05) is 18.4 Å². The van der Waals surface area contributed by atoms with Crippen molar-refractivity contribution in [3.63, 3.8) is 0 Å². The number of rotatable bonds is 5. The minimum absolute atomic E-state index is 0.368. The summed E-state index contributed by atoms with van der Waals surface area (Å²) in [5.41, 5.74) is 0. The van der Waals surface area contributed by atoms with Crippen LogP contribution in [0.1, 0.15) is 46.5 Å². The molecule has 1 aliphatic rings. The molecule has 1 amide bonds. The number of amides is 1. The Hall–Kier alpha value is -0.0500. The Morgan fingerprint density at radius 1 is 1.41 bits per heavy atom. The van der Waals surface area contributed by atoms with Gasteiger partial charge in [0.2, 0.25) is 5.91 Å². The fourth-order valence-corrected chi connectivity index (χ4v) is 3.37. The van der Waals surface area contributed by atoms with Crippen LogP contribution in [0.15, 0.2) is 0 Å². The molecule has 100 valence electrons. The third kappa shape index (κ3) is 4.61. The first-order valence-electron chi connectivity index (χ1n) is 6.92. The number of alkyl halides is 1. The summed E-state index contributed by atoms with van der Waals surface area (Å²) in [6, 6.07) is 0. The Morgan fingerprint density at radius 3 is 2.65 bits per heavy atom. The van der Waals surface area contributed by atoms with Gasteiger partial charge in [-0.15, -0.1) is 0 Å². The zero-order valence-corrected chi connectivity index (χ0v) is 13.0. The predicted octanol–water partition coefficient (Wildman–Crippen LogP) is 3.69. The Labute approximate surface area is 114 Å². The van der Waals surface area contributed by atoms with Crippen molar-refractivity contribution in [2.45, 2.75) is 46.5 Å². The zero-order chi connectivity index (χ0) is 12.8. The summed E-state index contributed by atoms with van der Waals surface area (Å²) in [7, 11) is 0. The van der Waals surface area contributed by atoms with Crippen LogP contribution in [0.4, 0.5) is 0 Å². The molecule has 0 radical (unpaired) electrons. The largest absolute Gasteiger partial charge is 0.342 e. The van der Waals surface area contributed by atoms with Crippen LogP contribution in [-0.4, -0.2) is 29.2 Å². The molecule has 0 N–H and O–H groups in total. The first-order chi connectivity index (χ1) is 8.08. The molecule has 2 atom stereocenters. The van der Waals surface area contributed by atoms with E-state index in [-0.39, 0.29) is 0 Å². The highest BCUT2D eigenvalue weighted by Crippen LogP contribution is 2.23. The quantitative estimate of drug-likeness (QED) is 0.709. The van der Waals surface area contributed by atoms with Crippen LogP contribution in [0.5, 0.6) is 0 Å². The van der Waals surface area contributed by atoms with Gasteiger partial charge in [0, 0.05) is 24.8 Å². The van der Waals surface area contributed by atoms with Crippen LogP contribution in [0.3, 0.4) is 0 Å². The van der Waals surface area contributed by atoms with Crippen LogP contribution in [0.2, 0.25) is 0 Å². The Balaban J connectivity index is 2.54. The van der Waals surface area contributed by atoms with Crippen molar-refractivity contribution in [3.8, 4) is 0 Å². The van der Waals surface area contributed by atoms with Crippen LogP contribution >= 0.6 is 15.9 Å². The van der Waals surface area contributed by atoms with Gasteiger partial charge in [-0.2, -0.15) is 0 Å². The fourth-order valence-electron chi connectivity index (χ4n) is 2.42. The molecule has 3 heteroatoms. The summed E-state index contributed by atoms with van der Waals surface area (Å²) in [5, 5.41) is 0.992. The number of nitrogens with zero attached hydrogens (tertiary/aromatic N) is 1. The molecule has 0 bridgehead atoms. The van der Waals surface area contributed by atoms with Gasteiger partial charge in [-0.3, -0.25) is 4.79 Å². The standard InChI is InChI=1S/C14H26BrNO/c1-4-12-5-6-14(17)16(8-7-12)10-13(9-15)11(2)3/h11-13H,4-10H2,1-3H3. The minimum atomic E-state index is 0.368. The van der Waals surface area contributed by atoms with E-state index in [1.165, 1.54) is 12.8 Å². The Kier molecular flexibility index (Phi) is 6.53. The van der Waals surface area contributed by atoms with E-state index in [0.717, 1.165) is 37.2 Å². The van der Waals surface area contributed by atoms with Crippen molar-refractivity contribution in [1.82, 2.24) is 4.90 Å². The molecule has 1 fully saturated rings. The molecule has 0 saturated carbocycles. The average molecular weight is 304 g/mol. The smallest absolute Gasteiger partial charge is 0.222 e. The molecule has 2 nitrogen and oxygen atoms in total. The van der Waals surface area contributed by atoms with Crippen LogP contribution in [0, 0.1) is 17.8 Å². The van der Waals surface area contributed by atoms with Crippen LogP contribution in [0.25, 0.3) is 0 Å². The zero-order valence-electron chi connectivity index (χ0n) is 11.4. The van der Waals surface area contributed by atoms with Gasteiger partial charge in [-0.25, -0.2) is 0 Å². The topological polar surface area (TPSA) is 20.3 Å². The third-order valence-corrected chi connectivity index (χ3v) is 4.93. The molecule has 1 aliphatic heterocycles. The first-order valence-corrected chi connectivity index (χ1v) is 8.04. The molecule has 1 rings (SSSR count). The number of carbonyl (C=O) groups is 1. The van der Waals surface area contributed by atoms with E-state index < -0.39 is 0 Å². The molecule has 1 saturated heterocycles. The lowest BCUT2D eigenvalue weighted by molar-refractivity contribution is -0.131. The second-order valence-electron chi connectivity index (χ2n) is 5.60. The van der Waals surface area contributed by atoms with Crippen molar-refractivity contribution < 1.29 is 4.79 Å². The van der Waals surface area contributed by atoms with E-state index in [9.17, 15) is 4.79 Å². The highest BCUT2D eigenvalue weighted by Gasteiger charge is 2.24. The molecular formula is C14H26BrNO.